The zero-order chi connectivity index (χ0) is 20.4. The minimum atomic E-state index is -3.55. The summed E-state index contributed by atoms with van der Waals surface area (Å²) in [4.78, 5) is 0.395. The van der Waals surface area contributed by atoms with Crippen molar-refractivity contribution in [2.45, 2.75) is 50.5 Å². The van der Waals surface area contributed by atoms with Crippen LogP contribution in [-0.2, 0) is 16.4 Å². The highest BCUT2D eigenvalue weighted by atomic mass is 32.2. The van der Waals surface area contributed by atoms with Crippen LogP contribution >= 0.6 is 0 Å². The fourth-order valence-electron chi connectivity index (χ4n) is 4.65. The van der Waals surface area contributed by atoms with E-state index in [1.165, 1.54) is 16.7 Å². The van der Waals surface area contributed by atoms with Gasteiger partial charge in [-0.15, -0.1) is 0 Å². The van der Waals surface area contributed by atoms with E-state index in [9.17, 15) is 8.42 Å². The molecule has 2 aromatic carbocycles. The first-order valence-electron chi connectivity index (χ1n) is 10.4. The fourth-order valence-corrected chi connectivity index (χ4v) is 6.28. The van der Waals surface area contributed by atoms with E-state index >= 15 is 0 Å². The largest absolute Gasteiger partial charge is 0.243 e. The second kappa shape index (κ2) is 8.29. The standard InChI is InChI=1S/C25H29NO2S/c1-19-13-15-22(16-14-19)29(27,28)26-18-24-20(2)9-5-3-8-12-23(24)25(26)17-21-10-6-4-7-11-21/h3-7,10-11,13-16,23,25H,8-9,12,17-18H2,1-2H3/b5-3-,24-20-/t23-,25-/m1/s1. The van der Waals surface area contributed by atoms with E-state index < -0.39 is 10.0 Å². The molecule has 152 valence electrons. The summed E-state index contributed by atoms with van der Waals surface area (Å²) in [6.07, 6.45) is 8.14. The van der Waals surface area contributed by atoms with Crippen LogP contribution < -0.4 is 0 Å². The highest BCUT2D eigenvalue weighted by Crippen LogP contribution is 2.41. The molecule has 0 amide bonds. The van der Waals surface area contributed by atoms with Crippen LogP contribution in [0.15, 0.2) is 82.8 Å². The summed E-state index contributed by atoms with van der Waals surface area (Å²) < 4.78 is 29.1. The molecule has 29 heavy (non-hydrogen) atoms. The Morgan fingerprint density at radius 2 is 1.69 bits per heavy atom. The summed E-state index contributed by atoms with van der Waals surface area (Å²) in [6.45, 7) is 4.66. The Morgan fingerprint density at radius 1 is 0.966 bits per heavy atom. The van der Waals surface area contributed by atoms with Gasteiger partial charge in [-0.3, -0.25) is 0 Å². The highest BCUT2D eigenvalue weighted by Gasteiger charge is 2.44. The van der Waals surface area contributed by atoms with Crippen LogP contribution in [-0.4, -0.2) is 25.3 Å². The van der Waals surface area contributed by atoms with Gasteiger partial charge in [-0.2, -0.15) is 4.31 Å². The molecule has 1 saturated heterocycles. The molecule has 1 heterocycles. The van der Waals surface area contributed by atoms with E-state index in [0.29, 0.717) is 11.4 Å². The van der Waals surface area contributed by atoms with Crippen molar-refractivity contribution in [3.05, 3.63) is 89.0 Å². The van der Waals surface area contributed by atoms with Crippen molar-refractivity contribution in [3.63, 3.8) is 0 Å². The Bertz CT molecular complexity index is 1020. The number of nitrogens with zero attached hydrogens (tertiary/aromatic N) is 1. The minimum absolute atomic E-state index is 0.0415. The number of sulfonamides is 1. The third-order valence-electron chi connectivity index (χ3n) is 6.31. The van der Waals surface area contributed by atoms with Crippen molar-refractivity contribution in [3.8, 4) is 0 Å². The van der Waals surface area contributed by atoms with E-state index in [1.54, 1.807) is 16.4 Å². The Kier molecular flexibility index (Phi) is 5.75. The summed E-state index contributed by atoms with van der Waals surface area (Å²) in [5.41, 5.74) is 4.91. The summed E-state index contributed by atoms with van der Waals surface area (Å²) in [6, 6.07) is 17.5. The smallest absolute Gasteiger partial charge is 0.207 e. The minimum Gasteiger partial charge on any atom is -0.207 e. The molecule has 0 saturated carbocycles. The maximum absolute atomic E-state index is 13.7. The van der Waals surface area contributed by atoms with Crippen LogP contribution in [0, 0.1) is 12.8 Å². The molecule has 0 N–H and O–H groups in total. The topological polar surface area (TPSA) is 37.4 Å². The third-order valence-corrected chi connectivity index (χ3v) is 8.19. The third kappa shape index (κ3) is 4.10. The van der Waals surface area contributed by atoms with Gasteiger partial charge in [0.1, 0.15) is 0 Å². The number of hydrogen-bond acceptors (Lipinski definition) is 2. The van der Waals surface area contributed by atoms with Crippen LogP contribution in [0.1, 0.15) is 37.3 Å². The molecule has 1 aliphatic carbocycles. The predicted molar refractivity (Wildman–Crippen MR) is 118 cm³/mol. The van der Waals surface area contributed by atoms with Gasteiger partial charge in [0.05, 0.1) is 4.90 Å². The van der Waals surface area contributed by atoms with Crippen molar-refractivity contribution in [1.29, 1.82) is 0 Å². The number of aryl methyl sites for hydroxylation is 1. The summed E-state index contributed by atoms with van der Waals surface area (Å²) in [5, 5.41) is 0. The van der Waals surface area contributed by atoms with Crippen molar-refractivity contribution in [2.75, 3.05) is 6.54 Å². The van der Waals surface area contributed by atoms with Gasteiger partial charge in [-0.25, -0.2) is 8.42 Å². The molecule has 0 radical (unpaired) electrons. The first-order valence-corrected chi connectivity index (χ1v) is 11.9. The quantitative estimate of drug-likeness (QED) is 0.646. The number of allylic oxidation sites excluding steroid dienone is 3. The lowest BCUT2D eigenvalue weighted by Gasteiger charge is -2.28. The van der Waals surface area contributed by atoms with E-state index in [4.69, 9.17) is 0 Å². The van der Waals surface area contributed by atoms with Gasteiger partial charge in [-0.05, 0) is 63.1 Å². The second-order valence-electron chi connectivity index (χ2n) is 8.29. The molecule has 2 aliphatic rings. The van der Waals surface area contributed by atoms with Crippen molar-refractivity contribution in [2.24, 2.45) is 5.92 Å². The molecule has 0 aromatic heterocycles. The Balaban J connectivity index is 1.76. The SMILES string of the molecule is C/C1=C2\CN(S(=O)(=O)c3ccc(C)cc3)[C@H](Cc3ccccc3)[C@@H]2CC/C=C\C1. The Hall–Kier alpha value is -2.17. The first-order chi connectivity index (χ1) is 14.0. The lowest BCUT2D eigenvalue weighted by atomic mass is 9.84. The van der Waals surface area contributed by atoms with Crippen LogP contribution in [0.4, 0.5) is 0 Å². The molecule has 3 nitrogen and oxygen atoms in total. The zero-order valence-electron chi connectivity index (χ0n) is 17.2. The van der Waals surface area contributed by atoms with Crippen molar-refractivity contribution >= 4 is 10.0 Å². The van der Waals surface area contributed by atoms with Gasteiger partial charge in [-0.1, -0.05) is 71.3 Å². The lowest BCUT2D eigenvalue weighted by molar-refractivity contribution is 0.328. The van der Waals surface area contributed by atoms with Crippen LogP contribution in [0.3, 0.4) is 0 Å². The number of rotatable bonds is 4. The van der Waals surface area contributed by atoms with E-state index in [-0.39, 0.29) is 12.0 Å². The van der Waals surface area contributed by atoms with E-state index in [0.717, 1.165) is 31.2 Å². The van der Waals surface area contributed by atoms with E-state index in [2.05, 4.69) is 31.2 Å². The number of benzene rings is 2. The average Bonchev–Trinajstić information content (AvgIpc) is 3.05. The predicted octanol–water partition coefficient (Wildman–Crippen LogP) is 5.28. The van der Waals surface area contributed by atoms with Gasteiger partial charge in [0.2, 0.25) is 10.0 Å². The van der Waals surface area contributed by atoms with Gasteiger partial charge in [0.15, 0.2) is 0 Å². The maximum atomic E-state index is 13.7. The molecular weight excluding hydrogens is 378 g/mol. The van der Waals surface area contributed by atoms with Gasteiger partial charge in [0, 0.05) is 12.6 Å². The summed E-state index contributed by atoms with van der Waals surface area (Å²) in [5.74, 6) is 0.278. The first kappa shape index (κ1) is 20.1. The van der Waals surface area contributed by atoms with Crippen molar-refractivity contribution in [1.82, 2.24) is 4.31 Å². The molecule has 0 unspecified atom stereocenters. The van der Waals surface area contributed by atoms with Crippen LogP contribution in [0.25, 0.3) is 0 Å². The summed E-state index contributed by atoms with van der Waals surface area (Å²) in [7, 11) is -3.55. The van der Waals surface area contributed by atoms with E-state index in [1.807, 2.05) is 37.3 Å². The van der Waals surface area contributed by atoms with Gasteiger partial charge in [0.25, 0.3) is 0 Å². The Labute approximate surface area is 174 Å². The molecule has 0 bridgehead atoms. The fraction of sp³-hybridized carbons (Fsp3) is 0.360. The molecule has 1 fully saturated rings. The van der Waals surface area contributed by atoms with Crippen molar-refractivity contribution < 1.29 is 8.42 Å². The van der Waals surface area contributed by atoms with Gasteiger partial charge >= 0.3 is 0 Å². The molecule has 2 aromatic rings. The molecule has 2 atom stereocenters. The molecule has 0 spiro atoms. The number of hydrogen-bond donors (Lipinski definition) is 0. The highest BCUT2D eigenvalue weighted by molar-refractivity contribution is 7.89. The molecule has 1 aliphatic heterocycles. The Morgan fingerprint density at radius 3 is 2.41 bits per heavy atom. The monoisotopic (exact) mass is 407 g/mol. The van der Waals surface area contributed by atoms with Crippen LogP contribution in [0.5, 0.6) is 0 Å². The maximum Gasteiger partial charge on any atom is 0.243 e. The lowest BCUT2D eigenvalue weighted by Crippen LogP contribution is -2.39. The molecule has 4 rings (SSSR count). The zero-order valence-corrected chi connectivity index (χ0v) is 18.0. The summed E-state index contributed by atoms with van der Waals surface area (Å²) >= 11 is 0. The number of fused-ring (bicyclic) bond motifs is 1. The average molecular weight is 408 g/mol. The molecular formula is C25H29NO2S. The van der Waals surface area contributed by atoms with Gasteiger partial charge < -0.3 is 0 Å². The second-order valence-corrected chi connectivity index (χ2v) is 10.2. The normalized spacial score (nSPS) is 26.6. The molecule has 4 heteroatoms. The van der Waals surface area contributed by atoms with Crippen LogP contribution in [0.2, 0.25) is 0 Å².